The van der Waals surface area contributed by atoms with Crippen LogP contribution in [0.1, 0.15) is 44.6 Å². The Bertz CT molecular complexity index is 1350. The van der Waals surface area contributed by atoms with Gasteiger partial charge in [-0.25, -0.2) is 10.2 Å². The number of aryl methyl sites for hydroxylation is 1. The van der Waals surface area contributed by atoms with Gasteiger partial charge < -0.3 is 9.30 Å². The molecule has 0 saturated carbocycles. The highest BCUT2D eigenvalue weighted by Gasteiger charge is 2.12. The topological polar surface area (TPSA) is 72.7 Å². The Labute approximate surface area is 192 Å². The number of amides is 1. The predicted molar refractivity (Wildman–Crippen MR) is 130 cm³/mol. The second-order valence-corrected chi connectivity index (χ2v) is 7.69. The highest BCUT2D eigenvalue weighted by Crippen LogP contribution is 2.21. The third kappa shape index (κ3) is 4.70. The molecule has 0 aliphatic heterocycles. The number of fused-ring (bicyclic) bond motifs is 1. The smallest absolute Gasteiger partial charge is 0.338 e. The van der Waals surface area contributed by atoms with Gasteiger partial charge in [0.15, 0.2) is 0 Å². The van der Waals surface area contributed by atoms with Crippen LogP contribution >= 0.6 is 0 Å². The van der Waals surface area contributed by atoms with E-state index in [-0.39, 0.29) is 11.9 Å². The van der Waals surface area contributed by atoms with E-state index in [4.69, 9.17) is 4.74 Å². The second kappa shape index (κ2) is 9.53. The van der Waals surface area contributed by atoms with Crippen molar-refractivity contribution in [2.75, 3.05) is 6.61 Å². The Hall–Kier alpha value is -4.19. The van der Waals surface area contributed by atoms with Gasteiger partial charge in [0.05, 0.1) is 18.4 Å². The number of hydrogen-bond acceptors (Lipinski definition) is 4. The molecule has 3 aromatic carbocycles. The van der Waals surface area contributed by atoms with Gasteiger partial charge in [0.2, 0.25) is 0 Å². The van der Waals surface area contributed by atoms with E-state index >= 15 is 0 Å². The SMILES string of the molecule is CCOC(=O)c1ccc(-n2c(C)cc(/C=N\NC(=O)c3ccc4ccccc4c3)c2C)cc1. The van der Waals surface area contributed by atoms with Crippen molar-refractivity contribution in [2.45, 2.75) is 20.8 Å². The first kappa shape index (κ1) is 22.0. The lowest BCUT2D eigenvalue weighted by atomic mass is 10.1. The third-order valence-electron chi connectivity index (χ3n) is 5.49. The first-order valence-electron chi connectivity index (χ1n) is 10.8. The summed E-state index contributed by atoms with van der Waals surface area (Å²) in [5, 5.41) is 6.26. The predicted octanol–water partition coefficient (Wildman–Crippen LogP) is 5.19. The Morgan fingerprint density at radius 2 is 1.64 bits per heavy atom. The molecule has 4 rings (SSSR count). The van der Waals surface area contributed by atoms with Gasteiger partial charge in [-0.15, -0.1) is 0 Å². The molecule has 0 atom stereocenters. The van der Waals surface area contributed by atoms with Crippen LogP contribution in [0.25, 0.3) is 16.5 Å². The number of ether oxygens (including phenoxy) is 1. The Kier molecular flexibility index (Phi) is 6.36. The van der Waals surface area contributed by atoms with Crippen molar-refractivity contribution in [3.8, 4) is 5.69 Å². The zero-order chi connectivity index (χ0) is 23.4. The molecule has 33 heavy (non-hydrogen) atoms. The van der Waals surface area contributed by atoms with E-state index in [1.54, 1.807) is 31.3 Å². The molecule has 0 fully saturated rings. The number of nitrogens with zero attached hydrogens (tertiary/aromatic N) is 2. The van der Waals surface area contributed by atoms with Gasteiger partial charge >= 0.3 is 5.97 Å². The third-order valence-corrected chi connectivity index (χ3v) is 5.49. The summed E-state index contributed by atoms with van der Waals surface area (Å²) in [5.74, 6) is -0.597. The lowest BCUT2D eigenvalue weighted by molar-refractivity contribution is 0.0526. The molecule has 0 aliphatic carbocycles. The number of benzene rings is 3. The van der Waals surface area contributed by atoms with Gasteiger partial charge in [-0.05, 0) is 74.0 Å². The minimum absolute atomic E-state index is 0.264. The monoisotopic (exact) mass is 439 g/mol. The summed E-state index contributed by atoms with van der Waals surface area (Å²) in [6.07, 6.45) is 1.64. The Balaban J connectivity index is 1.49. The van der Waals surface area contributed by atoms with E-state index in [9.17, 15) is 9.59 Å². The van der Waals surface area contributed by atoms with E-state index in [2.05, 4.69) is 15.1 Å². The average molecular weight is 440 g/mol. The summed E-state index contributed by atoms with van der Waals surface area (Å²) >= 11 is 0. The van der Waals surface area contributed by atoms with Crippen LogP contribution < -0.4 is 5.43 Å². The number of hydrogen-bond donors (Lipinski definition) is 1. The maximum atomic E-state index is 12.5. The zero-order valence-corrected chi connectivity index (χ0v) is 18.8. The minimum Gasteiger partial charge on any atom is -0.462 e. The quantitative estimate of drug-likeness (QED) is 0.255. The van der Waals surface area contributed by atoms with Crippen LogP contribution in [0, 0.1) is 13.8 Å². The summed E-state index contributed by atoms with van der Waals surface area (Å²) in [6, 6.07) is 22.7. The molecule has 0 bridgehead atoms. The van der Waals surface area contributed by atoms with E-state index < -0.39 is 0 Å². The summed E-state index contributed by atoms with van der Waals surface area (Å²) in [5.41, 5.74) is 7.48. The van der Waals surface area contributed by atoms with E-state index in [0.717, 1.165) is 33.4 Å². The van der Waals surface area contributed by atoms with E-state index in [1.165, 1.54) is 0 Å². The summed E-state index contributed by atoms with van der Waals surface area (Å²) in [7, 11) is 0. The second-order valence-electron chi connectivity index (χ2n) is 7.69. The number of nitrogens with one attached hydrogen (secondary N) is 1. The molecule has 0 saturated heterocycles. The zero-order valence-electron chi connectivity index (χ0n) is 18.8. The molecule has 1 amide bonds. The van der Waals surface area contributed by atoms with Gasteiger partial charge in [0, 0.05) is 28.2 Å². The molecule has 0 spiro atoms. The van der Waals surface area contributed by atoms with Gasteiger partial charge in [-0.2, -0.15) is 5.10 Å². The maximum Gasteiger partial charge on any atom is 0.338 e. The van der Waals surface area contributed by atoms with Crippen LogP contribution in [0.4, 0.5) is 0 Å². The van der Waals surface area contributed by atoms with Crippen LogP contribution in [-0.4, -0.2) is 29.3 Å². The Morgan fingerprint density at radius 1 is 0.939 bits per heavy atom. The standard InChI is InChI=1S/C27H25N3O3/c1-4-33-27(32)21-11-13-25(14-12-21)30-18(2)15-24(19(30)3)17-28-29-26(31)23-10-9-20-7-5-6-8-22(20)16-23/h5-17H,4H2,1-3H3,(H,29,31)/b28-17-. The van der Waals surface area contributed by atoms with Crippen molar-refractivity contribution in [1.82, 2.24) is 9.99 Å². The Morgan fingerprint density at radius 3 is 2.36 bits per heavy atom. The van der Waals surface area contributed by atoms with Crippen molar-refractivity contribution >= 4 is 28.9 Å². The van der Waals surface area contributed by atoms with Crippen LogP contribution in [-0.2, 0) is 4.74 Å². The van der Waals surface area contributed by atoms with Crippen molar-refractivity contribution in [3.05, 3.63) is 101 Å². The van der Waals surface area contributed by atoms with E-state index in [0.29, 0.717) is 17.7 Å². The summed E-state index contributed by atoms with van der Waals surface area (Å²) in [6.45, 7) is 6.11. The fourth-order valence-electron chi connectivity index (χ4n) is 3.83. The highest BCUT2D eigenvalue weighted by molar-refractivity contribution is 5.99. The molecule has 6 nitrogen and oxygen atoms in total. The molecule has 1 N–H and O–H groups in total. The van der Waals surface area contributed by atoms with Gasteiger partial charge in [-0.1, -0.05) is 30.3 Å². The molecule has 6 heteroatoms. The molecule has 1 aromatic heterocycles. The lowest BCUT2D eigenvalue weighted by Gasteiger charge is -2.10. The molecule has 166 valence electrons. The molecule has 1 heterocycles. The van der Waals surface area contributed by atoms with Gasteiger partial charge in [-0.3, -0.25) is 4.79 Å². The molecule has 0 radical (unpaired) electrons. The summed E-state index contributed by atoms with van der Waals surface area (Å²) < 4.78 is 7.11. The van der Waals surface area contributed by atoms with Crippen LogP contribution in [0.15, 0.2) is 77.9 Å². The van der Waals surface area contributed by atoms with Crippen molar-refractivity contribution in [1.29, 1.82) is 0 Å². The molecule has 4 aromatic rings. The number of hydrazone groups is 1. The fraction of sp³-hybridized carbons (Fsp3) is 0.148. The fourth-order valence-corrected chi connectivity index (χ4v) is 3.83. The number of rotatable bonds is 6. The number of aromatic nitrogens is 1. The minimum atomic E-state index is -0.333. The molecule has 0 aliphatic rings. The first-order chi connectivity index (χ1) is 16.0. The van der Waals surface area contributed by atoms with Crippen molar-refractivity contribution in [2.24, 2.45) is 5.10 Å². The molecular weight excluding hydrogens is 414 g/mol. The average Bonchev–Trinajstić information content (AvgIpc) is 3.11. The van der Waals surface area contributed by atoms with Crippen LogP contribution in [0.3, 0.4) is 0 Å². The largest absolute Gasteiger partial charge is 0.462 e. The van der Waals surface area contributed by atoms with Gasteiger partial charge in [0.1, 0.15) is 0 Å². The summed E-state index contributed by atoms with van der Waals surface area (Å²) in [4.78, 5) is 24.4. The molecule has 0 unspecified atom stereocenters. The normalized spacial score (nSPS) is 11.1. The number of carbonyl (C=O) groups excluding carboxylic acids is 2. The lowest BCUT2D eigenvalue weighted by Crippen LogP contribution is -2.17. The van der Waals surface area contributed by atoms with Crippen LogP contribution in [0.5, 0.6) is 0 Å². The first-order valence-corrected chi connectivity index (χ1v) is 10.8. The van der Waals surface area contributed by atoms with Crippen molar-refractivity contribution in [3.63, 3.8) is 0 Å². The highest BCUT2D eigenvalue weighted by atomic mass is 16.5. The van der Waals surface area contributed by atoms with E-state index in [1.807, 2.05) is 68.4 Å². The number of carbonyl (C=O) groups is 2. The van der Waals surface area contributed by atoms with Gasteiger partial charge in [0.25, 0.3) is 5.91 Å². The number of esters is 1. The van der Waals surface area contributed by atoms with Crippen molar-refractivity contribution < 1.29 is 14.3 Å². The molecular formula is C27H25N3O3. The maximum absolute atomic E-state index is 12.5. The van der Waals surface area contributed by atoms with Crippen LogP contribution in [0.2, 0.25) is 0 Å².